The van der Waals surface area contributed by atoms with Gasteiger partial charge in [-0.2, -0.15) is 0 Å². The minimum atomic E-state index is -0.998. The zero-order valence-electron chi connectivity index (χ0n) is 18.0. The number of carbonyl (C=O) groups is 4. The average molecular weight is 441 g/mol. The lowest BCUT2D eigenvalue weighted by molar-refractivity contribution is -0.138. The molecule has 0 saturated carbocycles. The molecule has 0 spiro atoms. The Morgan fingerprint density at radius 1 is 0.844 bits per heavy atom. The Labute approximate surface area is 184 Å². The normalized spacial score (nSPS) is 11.7. The molecule has 0 fully saturated rings. The van der Waals surface area contributed by atoms with E-state index in [1.54, 1.807) is 24.3 Å². The number of Topliss-reactive ketones (excluding diaryl/α,β-unsaturated/α-hetero) is 1. The van der Waals surface area contributed by atoms with E-state index in [9.17, 15) is 19.2 Å². The van der Waals surface area contributed by atoms with Crippen molar-refractivity contribution in [1.82, 2.24) is 0 Å². The molecule has 1 unspecified atom stereocenters. The molecule has 0 amide bonds. The molecule has 32 heavy (non-hydrogen) atoms. The molecule has 0 aliphatic carbocycles. The van der Waals surface area contributed by atoms with Gasteiger partial charge in [0.25, 0.3) is 0 Å². The summed E-state index contributed by atoms with van der Waals surface area (Å²) in [6.45, 7) is 1.49. The van der Waals surface area contributed by atoms with Crippen LogP contribution in [0.1, 0.15) is 27.6 Å². The van der Waals surface area contributed by atoms with Gasteiger partial charge < -0.3 is 24.3 Å². The minimum Gasteiger partial charge on any atom is -0.497 e. The maximum Gasteiger partial charge on any atom is 0.354 e. The molecular formula is C23H23NO8. The molecule has 2 aromatic rings. The van der Waals surface area contributed by atoms with Crippen LogP contribution in [0, 0.1) is 0 Å². The number of rotatable bonds is 9. The number of esters is 3. The second-order valence-corrected chi connectivity index (χ2v) is 6.42. The first kappa shape index (κ1) is 24.1. The van der Waals surface area contributed by atoms with Gasteiger partial charge in [0.2, 0.25) is 5.78 Å². The van der Waals surface area contributed by atoms with Crippen LogP contribution in [-0.2, 0) is 23.8 Å². The minimum absolute atomic E-state index is 0.145. The number of anilines is 1. The standard InChI is InChI=1S/C23H23NO8/c1-14(21(26)15-7-11-18(29-2)12-8-15)32-22(27)16-5-9-17(10-6-16)24-19(23(28)31-4)13-20(25)30-3/h5-14,24H,1-4H3/b19-13+. The Balaban J connectivity index is 2.05. The fraction of sp³-hybridized carbons (Fsp3) is 0.217. The van der Waals surface area contributed by atoms with Crippen molar-refractivity contribution in [3.63, 3.8) is 0 Å². The zero-order valence-corrected chi connectivity index (χ0v) is 18.0. The first-order valence-corrected chi connectivity index (χ1v) is 9.43. The Bertz CT molecular complexity index is 1010. The number of carbonyl (C=O) groups excluding carboxylic acids is 4. The monoisotopic (exact) mass is 441 g/mol. The second kappa shape index (κ2) is 11.3. The van der Waals surface area contributed by atoms with E-state index in [0.29, 0.717) is 17.0 Å². The average Bonchev–Trinajstić information content (AvgIpc) is 2.82. The van der Waals surface area contributed by atoms with Gasteiger partial charge in [-0.3, -0.25) is 4.79 Å². The summed E-state index contributed by atoms with van der Waals surface area (Å²) in [5.41, 5.74) is 0.845. The lowest BCUT2D eigenvalue weighted by atomic mass is 10.1. The summed E-state index contributed by atoms with van der Waals surface area (Å²) in [5, 5.41) is 2.72. The molecule has 9 heteroatoms. The summed E-state index contributed by atoms with van der Waals surface area (Å²) in [7, 11) is 3.87. The first-order valence-electron chi connectivity index (χ1n) is 9.43. The molecule has 1 atom stereocenters. The summed E-state index contributed by atoms with van der Waals surface area (Å²) >= 11 is 0. The van der Waals surface area contributed by atoms with Crippen molar-refractivity contribution in [2.24, 2.45) is 0 Å². The van der Waals surface area contributed by atoms with Gasteiger partial charge in [-0.15, -0.1) is 0 Å². The highest BCUT2D eigenvalue weighted by molar-refractivity contribution is 6.01. The van der Waals surface area contributed by atoms with E-state index in [4.69, 9.17) is 9.47 Å². The molecule has 1 N–H and O–H groups in total. The summed E-state index contributed by atoms with van der Waals surface area (Å²) in [4.78, 5) is 48.1. The predicted octanol–water partition coefficient (Wildman–Crippen LogP) is 2.77. The molecule has 9 nitrogen and oxygen atoms in total. The summed E-state index contributed by atoms with van der Waals surface area (Å²) in [6, 6.07) is 12.4. The molecule has 0 bridgehead atoms. The molecule has 0 aliphatic heterocycles. The fourth-order valence-corrected chi connectivity index (χ4v) is 2.55. The Morgan fingerprint density at radius 3 is 1.97 bits per heavy atom. The molecule has 2 rings (SSSR count). The molecule has 168 valence electrons. The van der Waals surface area contributed by atoms with E-state index in [1.165, 1.54) is 52.5 Å². The predicted molar refractivity (Wildman–Crippen MR) is 114 cm³/mol. The highest BCUT2D eigenvalue weighted by Gasteiger charge is 2.21. The SMILES string of the molecule is COC(=O)/C=C(/Nc1ccc(C(=O)OC(C)C(=O)c2ccc(OC)cc2)cc1)C(=O)OC. The van der Waals surface area contributed by atoms with E-state index < -0.39 is 24.0 Å². The number of benzene rings is 2. The third-order valence-electron chi connectivity index (χ3n) is 4.30. The van der Waals surface area contributed by atoms with Crippen molar-refractivity contribution in [3.8, 4) is 5.75 Å². The van der Waals surface area contributed by atoms with Crippen LogP contribution in [-0.4, -0.2) is 51.1 Å². The van der Waals surface area contributed by atoms with Crippen molar-refractivity contribution in [2.45, 2.75) is 13.0 Å². The largest absolute Gasteiger partial charge is 0.497 e. The van der Waals surface area contributed by atoms with Crippen molar-refractivity contribution < 1.29 is 38.1 Å². The number of ketones is 1. The third kappa shape index (κ3) is 6.43. The Kier molecular flexibility index (Phi) is 8.53. The number of hydrogen-bond acceptors (Lipinski definition) is 9. The van der Waals surface area contributed by atoms with Gasteiger partial charge in [0.15, 0.2) is 6.10 Å². The second-order valence-electron chi connectivity index (χ2n) is 6.42. The van der Waals surface area contributed by atoms with Gasteiger partial charge >= 0.3 is 17.9 Å². The molecule has 0 saturated heterocycles. The van der Waals surface area contributed by atoms with E-state index >= 15 is 0 Å². The van der Waals surface area contributed by atoms with Crippen LogP contribution >= 0.6 is 0 Å². The number of methoxy groups -OCH3 is 3. The summed E-state index contributed by atoms with van der Waals surface area (Å²) in [5.74, 6) is -1.95. The van der Waals surface area contributed by atoms with Gasteiger partial charge in [-0.25, -0.2) is 14.4 Å². The van der Waals surface area contributed by atoms with E-state index in [2.05, 4.69) is 14.8 Å². The lowest BCUT2D eigenvalue weighted by Crippen LogP contribution is -2.24. The zero-order chi connectivity index (χ0) is 23.7. The Hall–Kier alpha value is -4.14. The fourth-order valence-electron chi connectivity index (χ4n) is 2.55. The molecule has 0 heterocycles. The smallest absolute Gasteiger partial charge is 0.354 e. The van der Waals surface area contributed by atoms with Crippen LogP contribution in [0.25, 0.3) is 0 Å². The van der Waals surface area contributed by atoms with Gasteiger partial charge in [0.05, 0.1) is 33.0 Å². The van der Waals surface area contributed by atoms with Gasteiger partial charge in [-0.1, -0.05) is 0 Å². The summed E-state index contributed by atoms with van der Waals surface area (Å²) in [6.07, 6.45) is -0.0527. The van der Waals surface area contributed by atoms with E-state index in [-0.39, 0.29) is 17.0 Å². The molecule has 0 aromatic heterocycles. The van der Waals surface area contributed by atoms with E-state index in [1.807, 2.05) is 0 Å². The maximum atomic E-state index is 12.5. The molecule has 0 radical (unpaired) electrons. The van der Waals surface area contributed by atoms with Crippen LogP contribution in [0.15, 0.2) is 60.3 Å². The first-order chi connectivity index (χ1) is 15.3. The van der Waals surface area contributed by atoms with Gasteiger partial charge in [-0.05, 0) is 55.5 Å². The van der Waals surface area contributed by atoms with Crippen LogP contribution < -0.4 is 10.1 Å². The number of ether oxygens (including phenoxy) is 4. The van der Waals surface area contributed by atoms with Gasteiger partial charge in [0.1, 0.15) is 11.4 Å². The highest BCUT2D eigenvalue weighted by Crippen LogP contribution is 2.17. The van der Waals surface area contributed by atoms with Crippen LogP contribution in [0.5, 0.6) is 5.75 Å². The van der Waals surface area contributed by atoms with Crippen molar-refractivity contribution in [1.29, 1.82) is 0 Å². The molecular weight excluding hydrogens is 418 g/mol. The van der Waals surface area contributed by atoms with Crippen LogP contribution in [0.4, 0.5) is 5.69 Å². The summed E-state index contributed by atoms with van der Waals surface area (Å²) < 4.78 is 19.4. The van der Waals surface area contributed by atoms with Crippen molar-refractivity contribution >= 4 is 29.4 Å². The topological polar surface area (TPSA) is 117 Å². The highest BCUT2D eigenvalue weighted by atomic mass is 16.5. The van der Waals surface area contributed by atoms with Gasteiger partial charge in [0, 0.05) is 11.3 Å². The van der Waals surface area contributed by atoms with Crippen molar-refractivity contribution in [2.75, 3.05) is 26.6 Å². The molecule has 2 aromatic carbocycles. The van der Waals surface area contributed by atoms with Crippen molar-refractivity contribution in [3.05, 3.63) is 71.4 Å². The number of hydrogen-bond donors (Lipinski definition) is 1. The van der Waals surface area contributed by atoms with E-state index in [0.717, 1.165) is 6.08 Å². The van der Waals surface area contributed by atoms with Crippen LogP contribution in [0.2, 0.25) is 0 Å². The molecule has 0 aliphatic rings. The third-order valence-corrected chi connectivity index (χ3v) is 4.30. The number of nitrogens with one attached hydrogen (secondary N) is 1. The Morgan fingerprint density at radius 2 is 1.44 bits per heavy atom. The quantitative estimate of drug-likeness (QED) is 0.271. The lowest BCUT2D eigenvalue weighted by Gasteiger charge is -2.13. The maximum absolute atomic E-state index is 12.5. The van der Waals surface area contributed by atoms with Crippen LogP contribution in [0.3, 0.4) is 0 Å².